The summed E-state index contributed by atoms with van der Waals surface area (Å²) >= 11 is 0. The summed E-state index contributed by atoms with van der Waals surface area (Å²) in [6.07, 6.45) is -1.03. The molecule has 0 fully saturated rings. The average molecular weight is 245 g/mol. The fraction of sp³-hybridized carbons (Fsp3) is 0.500. The Bertz CT molecular complexity index is 385. The van der Waals surface area contributed by atoms with E-state index in [9.17, 15) is 13.9 Å². The van der Waals surface area contributed by atoms with Crippen molar-refractivity contribution in [3.05, 3.63) is 34.9 Å². The van der Waals surface area contributed by atoms with Gasteiger partial charge in [0, 0.05) is 18.6 Å². The van der Waals surface area contributed by atoms with Crippen molar-refractivity contribution in [2.45, 2.75) is 25.6 Å². The molecule has 0 aliphatic carbocycles. The Morgan fingerprint density at radius 2 is 2.06 bits per heavy atom. The number of methoxy groups -OCH3 is 1. The Morgan fingerprint density at radius 1 is 1.41 bits per heavy atom. The third-order valence-corrected chi connectivity index (χ3v) is 2.75. The molecule has 0 saturated carbocycles. The summed E-state index contributed by atoms with van der Waals surface area (Å²) in [5.74, 6) is -2.15. The van der Waals surface area contributed by atoms with Crippen molar-refractivity contribution in [3.8, 4) is 0 Å². The van der Waals surface area contributed by atoms with Crippen LogP contribution in [-0.2, 0) is 4.74 Å². The molecule has 0 aliphatic rings. The molecule has 3 nitrogen and oxygen atoms in total. The van der Waals surface area contributed by atoms with E-state index < -0.39 is 23.8 Å². The van der Waals surface area contributed by atoms with E-state index in [1.54, 1.807) is 0 Å². The van der Waals surface area contributed by atoms with Gasteiger partial charge in [0.25, 0.3) is 0 Å². The van der Waals surface area contributed by atoms with Gasteiger partial charge >= 0.3 is 0 Å². The quantitative estimate of drug-likeness (QED) is 0.776. The van der Waals surface area contributed by atoms with Gasteiger partial charge in [0.1, 0.15) is 11.6 Å². The highest BCUT2D eigenvalue weighted by atomic mass is 19.1. The number of rotatable bonds is 5. The van der Waals surface area contributed by atoms with Gasteiger partial charge in [-0.05, 0) is 31.5 Å². The predicted molar refractivity (Wildman–Crippen MR) is 60.5 cm³/mol. The Kier molecular flexibility index (Phi) is 4.99. The molecule has 1 rings (SSSR count). The highest BCUT2D eigenvalue weighted by Crippen LogP contribution is 2.30. The van der Waals surface area contributed by atoms with Gasteiger partial charge < -0.3 is 15.6 Å². The maximum absolute atomic E-state index is 13.9. The fourth-order valence-corrected chi connectivity index (χ4v) is 1.79. The number of hydrogen-bond donors (Lipinski definition) is 2. The minimum atomic E-state index is -1.27. The van der Waals surface area contributed by atoms with Gasteiger partial charge in [0.2, 0.25) is 0 Å². The van der Waals surface area contributed by atoms with Crippen LogP contribution in [0.5, 0.6) is 0 Å². The van der Waals surface area contributed by atoms with E-state index in [0.29, 0.717) is 5.56 Å². The zero-order valence-electron chi connectivity index (χ0n) is 9.91. The van der Waals surface area contributed by atoms with Gasteiger partial charge in [-0.15, -0.1) is 0 Å². The number of halogens is 2. The lowest BCUT2D eigenvalue weighted by Gasteiger charge is -2.23. The normalized spacial score (nSPS) is 14.7. The lowest BCUT2D eigenvalue weighted by atomic mass is 9.92. The summed E-state index contributed by atoms with van der Waals surface area (Å²) in [4.78, 5) is 0. The largest absolute Gasteiger partial charge is 0.367 e. The predicted octanol–water partition coefficient (Wildman–Crippen LogP) is 1.67. The maximum atomic E-state index is 13.9. The Morgan fingerprint density at radius 3 is 2.59 bits per heavy atom. The van der Waals surface area contributed by atoms with E-state index in [1.165, 1.54) is 26.2 Å². The molecule has 96 valence electrons. The van der Waals surface area contributed by atoms with E-state index in [2.05, 4.69) is 0 Å². The molecule has 5 heteroatoms. The SMILES string of the molecule is COC(O)C(CCN)c1c(F)ccc(C)c1F. The molecule has 3 N–H and O–H groups in total. The van der Waals surface area contributed by atoms with Gasteiger partial charge in [0.15, 0.2) is 6.29 Å². The first kappa shape index (κ1) is 14.0. The maximum Gasteiger partial charge on any atom is 0.161 e. The first-order valence-corrected chi connectivity index (χ1v) is 5.38. The molecule has 0 heterocycles. The number of aryl methyl sites for hydroxylation is 1. The Hall–Kier alpha value is -1.04. The van der Waals surface area contributed by atoms with Crippen molar-refractivity contribution >= 4 is 0 Å². The van der Waals surface area contributed by atoms with Gasteiger partial charge in [-0.3, -0.25) is 0 Å². The molecule has 0 saturated heterocycles. The van der Waals surface area contributed by atoms with Crippen LogP contribution in [0.1, 0.15) is 23.5 Å². The molecular weight excluding hydrogens is 228 g/mol. The van der Waals surface area contributed by atoms with Crippen LogP contribution in [-0.4, -0.2) is 25.1 Å². The molecular formula is C12H17F2NO2. The van der Waals surface area contributed by atoms with Crippen LogP contribution in [0.25, 0.3) is 0 Å². The minimum absolute atomic E-state index is 0.162. The summed E-state index contributed by atoms with van der Waals surface area (Å²) in [7, 11) is 1.28. The summed E-state index contributed by atoms with van der Waals surface area (Å²) in [5, 5.41) is 9.63. The number of aliphatic hydroxyl groups is 1. The zero-order valence-corrected chi connectivity index (χ0v) is 9.91. The second-order valence-corrected chi connectivity index (χ2v) is 3.90. The van der Waals surface area contributed by atoms with Gasteiger partial charge in [-0.2, -0.15) is 0 Å². The van der Waals surface area contributed by atoms with Crippen molar-refractivity contribution in [1.82, 2.24) is 0 Å². The zero-order chi connectivity index (χ0) is 13.0. The molecule has 0 spiro atoms. The highest BCUT2D eigenvalue weighted by molar-refractivity contribution is 5.30. The van der Waals surface area contributed by atoms with Crippen LogP contribution in [0.15, 0.2) is 12.1 Å². The third kappa shape index (κ3) is 3.00. The van der Waals surface area contributed by atoms with Crippen LogP contribution in [0.2, 0.25) is 0 Å². The molecule has 0 aliphatic heterocycles. The fourth-order valence-electron chi connectivity index (χ4n) is 1.79. The van der Waals surface area contributed by atoms with E-state index in [4.69, 9.17) is 10.5 Å². The van der Waals surface area contributed by atoms with Gasteiger partial charge in [-0.1, -0.05) is 6.07 Å². The van der Waals surface area contributed by atoms with E-state index in [0.717, 1.165) is 0 Å². The van der Waals surface area contributed by atoms with Crippen molar-refractivity contribution in [1.29, 1.82) is 0 Å². The Balaban J connectivity index is 3.22. The molecule has 1 aromatic carbocycles. The molecule has 17 heavy (non-hydrogen) atoms. The van der Waals surface area contributed by atoms with Crippen molar-refractivity contribution < 1.29 is 18.6 Å². The first-order chi connectivity index (χ1) is 8.02. The first-order valence-electron chi connectivity index (χ1n) is 5.38. The summed E-state index contributed by atoms with van der Waals surface area (Å²) in [5.41, 5.74) is 5.55. The Labute approximate surface area is 99.2 Å². The smallest absolute Gasteiger partial charge is 0.161 e. The standard InChI is InChI=1S/C12H17F2NO2/c1-7-3-4-9(13)10(11(7)14)8(5-6-15)12(16)17-2/h3-4,8,12,16H,5-6,15H2,1-2H3. The summed E-state index contributed by atoms with van der Waals surface area (Å²) < 4.78 is 32.3. The summed E-state index contributed by atoms with van der Waals surface area (Å²) in [6.45, 7) is 1.74. The van der Waals surface area contributed by atoms with E-state index in [-0.39, 0.29) is 18.5 Å². The second-order valence-electron chi connectivity index (χ2n) is 3.90. The number of ether oxygens (including phenoxy) is 1. The van der Waals surface area contributed by atoms with Gasteiger partial charge in [-0.25, -0.2) is 8.78 Å². The van der Waals surface area contributed by atoms with E-state index >= 15 is 0 Å². The molecule has 0 radical (unpaired) electrons. The van der Waals surface area contributed by atoms with Gasteiger partial charge in [0.05, 0.1) is 0 Å². The van der Waals surface area contributed by atoms with Crippen LogP contribution in [0.3, 0.4) is 0 Å². The molecule has 0 bridgehead atoms. The van der Waals surface area contributed by atoms with Crippen molar-refractivity contribution in [2.24, 2.45) is 5.73 Å². The molecule has 0 aromatic heterocycles. The highest BCUT2D eigenvalue weighted by Gasteiger charge is 2.27. The molecule has 2 unspecified atom stereocenters. The topological polar surface area (TPSA) is 55.5 Å². The number of nitrogens with two attached hydrogens (primary N) is 1. The van der Waals surface area contributed by atoms with Crippen molar-refractivity contribution in [3.63, 3.8) is 0 Å². The van der Waals surface area contributed by atoms with Crippen LogP contribution in [0, 0.1) is 18.6 Å². The van der Waals surface area contributed by atoms with E-state index in [1.807, 2.05) is 0 Å². The minimum Gasteiger partial charge on any atom is -0.367 e. The van der Waals surface area contributed by atoms with Crippen LogP contribution >= 0.6 is 0 Å². The van der Waals surface area contributed by atoms with Crippen LogP contribution in [0.4, 0.5) is 8.78 Å². The third-order valence-electron chi connectivity index (χ3n) is 2.75. The number of hydrogen-bond acceptors (Lipinski definition) is 3. The molecule has 2 atom stereocenters. The lowest BCUT2D eigenvalue weighted by Crippen LogP contribution is -2.25. The van der Waals surface area contributed by atoms with Crippen LogP contribution < -0.4 is 5.73 Å². The summed E-state index contributed by atoms with van der Waals surface area (Å²) in [6, 6.07) is 2.53. The monoisotopic (exact) mass is 245 g/mol. The number of aliphatic hydroxyl groups excluding tert-OH is 1. The number of benzene rings is 1. The molecule has 1 aromatic rings. The second kappa shape index (κ2) is 6.05. The van der Waals surface area contributed by atoms with Crippen molar-refractivity contribution in [2.75, 3.05) is 13.7 Å². The molecule has 0 amide bonds. The lowest BCUT2D eigenvalue weighted by molar-refractivity contribution is -0.0936. The average Bonchev–Trinajstić information content (AvgIpc) is 2.32.